The highest BCUT2D eigenvalue weighted by Crippen LogP contribution is 2.27. The molecule has 3 nitrogen and oxygen atoms in total. The van der Waals surface area contributed by atoms with E-state index in [2.05, 4.69) is 5.32 Å². The van der Waals surface area contributed by atoms with Crippen LogP contribution < -0.4 is 10.1 Å². The molecule has 21 heavy (non-hydrogen) atoms. The summed E-state index contributed by atoms with van der Waals surface area (Å²) in [5.74, 6) is 1.75. The van der Waals surface area contributed by atoms with Gasteiger partial charge in [-0.2, -0.15) is 0 Å². The van der Waals surface area contributed by atoms with Crippen LogP contribution in [0.4, 0.5) is 0 Å². The molecule has 1 fully saturated rings. The van der Waals surface area contributed by atoms with Crippen LogP contribution in [0.25, 0.3) is 0 Å². The number of nitrogens with one attached hydrogen (secondary N) is 1. The molecule has 0 saturated heterocycles. The first-order valence-electron chi connectivity index (χ1n) is 8.12. The molecule has 1 aromatic rings. The van der Waals surface area contributed by atoms with Crippen LogP contribution in [0.5, 0.6) is 5.75 Å². The van der Waals surface area contributed by atoms with Crippen molar-refractivity contribution in [3.05, 3.63) is 29.8 Å². The molecule has 1 aliphatic rings. The highest BCUT2D eigenvalue weighted by Gasteiger charge is 2.16. The Bertz CT molecular complexity index is 452. The Morgan fingerprint density at radius 2 is 2.10 bits per heavy atom. The Kier molecular flexibility index (Phi) is 6.09. The van der Waals surface area contributed by atoms with Crippen molar-refractivity contribution < 1.29 is 9.53 Å². The maximum atomic E-state index is 12.1. The molecule has 0 aliphatic heterocycles. The van der Waals surface area contributed by atoms with E-state index < -0.39 is 0 Å². The summed E-state index contributed by atoms with van der Waals surface area (Å²) in [6, 6.07) is 7.90. The summed E-state index contributed by atoms with van der Waals surface area (Å²) in [6.07, 6.45) is 8.35. The Balaban J connectivity index is 1.78. The molecule has 1 N–H and O–H groups in total. The second kappa shape index (κ2) is 8.06. The fourth-order valence-electron chi connectivity index (χ4n) is 3.12. The molecule has 1 atom stereocenters. The zero-order chi connectivity index (χ0) is 15.1. The van der Waals surface area contributed by atoms with E-state index in [1.165, 1.54) is 32.1 Å². The predicted molar refractivity (Wildman–Crippen MR) is 85.4 cm³/mol. The van der Waals surface area contributed by atoms with Gasteiger partial charge in [-0.15, -0.1) is 0 Å². The van der Waals surface area contributed by atoms with Crippen LogP contribution in [0.1, 0.15) is 63.5 Å². The van der Waals surface area contributed by atoms with Crippen molar-refractivity contribution in [3.8, 4) is 5.75 Å². The van der Waals surface area contributed by atoms with Crippen molar-refractivity contribution in [1.82, 2.24) is 5.32 Å². The van der Waals surface area contributed by atoms with Gasteiger partial charge in [-0.05, 0) is 37.0 Å². The number of methoxy groups -OCH3 is 1. The van der Waals surface area contributed by atoms with Crippen molar-refractivity contribution in [2.45, 2.75) is 57.9 Å². The lowest BCUT2D eigenvalue weighted by atomic mass is 9.86. The monoisotopic (exact) mass is 289 g/mol. The molecule has 0 aromatic heterocycles. The fourth-order valence-corrected chi connectivity index (χ4v) is 3.12. The van der Waals surface area contributed by atoms with Gasteiger partial charge in [0.15, 0.2) is 0 Å². The van der Waals surface area contributed by atoms with Crippen LogP contribution in [-0.4, -0.2) is 13.0 Å². The summed E-state index contributed by atoms with van der Waals surface area (Å²) in [7, 11) is 1.66. The highest BCUT2D eigenvalue weighted by atomic mass is 16.5. The van der Waals surface area contributed by atoms with E-state index in [9.17, 15) is 4.79 Å². The van der Waals surface area contributed by atoms with Crippen LogP contribution in [0, 0.1) is 5.92 Å². The summed E-state index contributed by atoms with van der Waals surface area (Å²) in [5.41, 5.74) is 1.08. The molecule has 116 valence electrons. The number of carbonyl (C=O) groups is 1. The summed E-state index contributed by atoms with van der Waals surface area (Å²) >= 11 is 0. The minimum absolute atomic E-state index is 0.0268. The van der Waals surface area contributed by atoms with Crippen molar-refractivity contribution in [1.29, 1.82) is 0 Å². The van der Waals surface area contributed by atoms with Crippen LogP contribution in [0.2, 0.25) is 0 Å². The third-order valence-corrected chi connectivity index (χ3v) is 4.48. The van der Waals surface area contributed by atoms with E-state index in [4.69, 9.17) is 4.74 Å². The number of ether oxygens (including phenoxy) is 1. The lowest BCUT2D eigenvalue weighted by molar-refractivity contribution is -0.122. The van der Waals surface area contributed by atoms with Gasteiger partial charge in [0.1, 0.15) is 5.75 Å². The van der Waals surface area contributed by atoms with Gasteiger partial charge in [0.25, 0.3) is 0 Å². The van der Waals surface area contributed by atoms with Crippen LogP contribution >= 0.6 is 0 Å². The summed E-state index contributed by atoms with van der Waals surface area (Å²) in [5, 5.41) is 3.09. The number of carbonyl (C=O) groups excluding carboxylic acids is 1. The van der Waals surface area contributed by atoms with Gasteiger partial charge in [0, 0.05) is 6.42 Å². The zero-order valence-corrected chi connectivity index (χ0v) is 13.2. The predicted octanol–water partition coefficient (Wildman–Crippen LogP) is 4.23. The second-order valence-electron chi connectivity index (χ2n) is 6.11. The van der Waals surface area contributed by atoms with Gasteiger partial charge in [0.2, 0.25) is 5.91 Å². The van der Waals surface area contributed by atoms with Crippen LogP contribution in [0.15, 0.2) is 24.3 Å². The molecular weight excluding hydrogens is 262 g/mol. The zero-order valence-electron chi connectivity index (χ0n) is 13.2. The first-order chi connectivity index (χ1) is 10.2. The third kappa shape index (κ3) is 5.07. The summed E-state index contributed by atoms with van der Waals surface area (Å²) in [4.78, 5) is 12.1. The molecule has 0 radical (unpaired) electrons. The van der Waals surface area contributed by atoms with Crippen LogP contribution in [-0.2, 0) is 4.79 Å². The van der Waals surface area contributed by atoms with Crippen molar-refractivity contribution >= 4 is 5.91 Å². The van der Waals surface area contributed by atoms with Crippen molar-refractivity contribution in [2.24, 2.45) is 5.92 Å². The molecule has 1 amide bonds. The molecule has 2 rings (SSSR count). The minimum atomic E-state index is 0.0268. The Morgan fingerprint density at radius 1 is 1.33 bits per heavy atom. The molecule has 1 aromatic carbocycles. The number of hydrogen-bond acceptors (Lipinski definition) is 2. The number of rotatable bonds is 6. The molecule has 0 heterocycles. The van der Waals surface area contributed by atoms with Gasteiger partial charge < -0.3 is 10.1 Å². The fraction of sp³-hybridized carbons (Fsp3) is 0.611. The topological polar surface area (TPSA) is 38.3 Å². The Hall–Kier alpha value is -1.51. The normalized spacial score (nSPS) is 17.2. The average Bonchev–Trinajstić information content (AvgIpc) is 2.54. The van der Waals surface area contributed by atoms with E-state index in [1.54, 1.807) is 7.11 Å². The quantitative estimate of drug-likeness (QED) is 0.851. The van der Waals surface area contributed by atoms with Crippen molar-refractivity contribution in [3.63, 3.8) is 0 Å². The molecule has 3 heteroatoms. The van der Waals surface area contributed by atoms with Gasteiger partial charge in [-0.1, -0.05) is 44.2 Å². The summed E-state index contributed by atoms with van der Waals surface area (Å²) < 4.78 is 5.22. The van der Waals surface area contributed by atoms with Crippen molar-refractivity contribution in [2.75, 3.05) is 7.11 Å². The lowest BCUT2D eigenvalue weighted by Crippen LogP contribution is -2.27. The standard InChI is InChI=1S/C18H27NO2/c1-14(16-9-6-10-17(13-16)21-2)19-18(20)12-11-15-7-4-3-5-8-15/h6,9-10,13-15H,3-5,7-8,11-12H2,1-2H3,(H,19,20)/t14-/m0/s1. The Morgan fingerprint density at radius 3 is 2.81 bits per heavy atom. The van der Waals surface area contributed by atoms with Gasteiger partial charge in [-0.25, -0.2) is 0 Å². The van der Waals surface area contributed by atoms with E-state index >= 15 is 0 Å². The lowest BCUT2D eigenvalue weighted by Gasteiger charge is -2.21. The van der Waals surface area contributed by atoms with Crippen LogP contribution in [0.3, 0.4) is 0 Å². The molecule has 1 saturated carbocycles. The van der Waals surface area contributed by atoms with E-state index in [0.717, 1.165) is 23.7 Å². The smallest absolute Gasteiger partial charge is 0.220 e. The van der Waals surface area contributed by atoms with E-state index in [-0.39, 0.29) is 11.9 Å². The third-order valence-electron chi connectivity index (χ3n) is 4.48. The Labute approximate surface area is 128 Å². The maximum Gasteiger partial charge on any atom is 0.220 e. The van der Waals surface area contributed by atoms with E-state index in [0.29, 0.717) is 6.42 Å². The minimum Gasteiger partial charge on any atom is -0.497 e. The maximum absolute atomic E-state index is 12.1. The molecule has 1 aliphatic carbocycles. The average molecular weight is 289 g/mol. The SMILES string of the molecule is COc1cccc([C@H](C)NC(=O)CCC2CCCCC2)c1. The molecule has 0 bridgehead atoms. The first-order valence-corrected chi connectivity index (χ1v) is 8.12. The molecular formula is C18H27NO2. The van der Waals surface area contributed by atoms with Gasteiger partial charge >= 0.3 is 0 Å². The number of benzene rings is 1. The molecule has 0 unspecified atom stereocenters. The number of hydrogen-bond donors (Lipinski definition) is 1. The number of amides is 1. The first kappa shape index (κ1) is 15.9. The van der Waals surface area contributed by atoms with Gasteiger partial charge in [0.05, 0.1) is 13.2 Å². The largest absolute Gasteiger partial charge is 0.497 e. The second-order valence-corrected chi connectivity index (χ2v) is 6.11. The molecule has 0 spiro atoms. The summed E-state index contributed by atoms with van der Waals surface area (Å²) in [6.45, 7) is 2.02. The highest BCUT2D eigenvalue weighted by molar-refractivity contribution is 5.76. The van der Waals surface area contributed by atoms with Gasteiger partial charge in [-0.3, -0.25) is 4.79 Å². The van der Waals surface area contributed by atoms with E-state index in [1.807, 2.05) is 31.2 Å².